The molecule has 20 heavy (non-hydrogen) atoms. The third-order valence-corrected chi connectivity index (χ3v) is 6.23. The van der Waals surface area contributed by atoms with Gasteiger partial charge in [0.2, 0.25) is 0 Å². The van der Waals surface area contributed by atoms with E-state index in [0.717, 1.165) is 12.3 Å². The minimum Gasteiger partial charge on any atom is -0.480 e. The fourth-order valence-electron chi connectivity index (χ4n) is 2.27. The van der Waals surface area contributed by atoms with Crippen molar-refractivity contribution < 1.29 is 14.7 Å². The van der Waals surface area contributed by atoms with Crippen molar-refractivity contribution in [3.8, 4) is 0 Å². The summed E-state index contributed by atoms with van der Waals surface area (Å²) in [5.41, 5.74) is 0. The molecule has 0 aromatic carbocycles. The number of urea groups is 1. The predicted molar refractivity (Wildman–Crippen MR) is 82.6 cm³/mol. The Hall–Kier alpha value is -0.600. The Morgan fingerprint density at radius 3 is 2.55 bits per heavy atom. The van der Waals surface area contributed by atoms with Crippen molar-refractivity contribution in [2.24, 2.45) is 0 Å². The molecule has 0 spiro atoms. The van der Waals surface area contributed by atoms with Crippen LogP contribution in [0.3, 0.4) is 0 Å². The van der Waals surface area contributed by atoms with Gasteiger partial charge in [0.25, 0.3) is 0 Å². The van der Waals surface area contributed by atoms with Crippen LogP contribution in [0.15, 0.2) is 0 Å². The smallest absolute Gasteiger partial charge is 0.317 e. The molecule has 0 radical (unpaired) electrons. The van der Waals surface area contributed by atoms with Crippen LogP contribution in [-0.2, 0) is 4.79 Å². The number of carboxylic acids is 1. The lowest BCUT2D eigenvalue weighted by Gasteiger charge is -2.34. The maximum Gasteiger partial charge on any atom is 0.317 e. The number of hydrogen-bond donors (Lipinski definition) is 2. The molecule has 2 aliphatic heterocycles. The number of hydrogen-bond acceptors (Lipinski definition) is 5. The summed E-state index contributed by atoms with van der Waals surface area (Å²) in [4.78, 5) is 26.3. The monoisotopic (exact) mass is 319 g/mol. The molecule has 1 atom stereocenters. The lowest BCUT2D eigenvalue weighted by atomic mass is 10.3. The zero-order valence-corrected chi connectivity index (χ0v) is 13.0. The van der Waals surface area contributed by atoms with Crippen LogP contribution in [0, 0.1) is 0 Å². The van der Waals surface area contributed by atoms with Crippen LogP contribution in [0.5, 0.6) is 0 Å². The van der Waals surface area contributed by atoms with E-state index in [-0.39, 0.29) is 12.6 Å². The van der Waals surface area contributed by atoms with Crippen molar-refractivity contribution >= 4 is 35.5 Å². The van der Waals surface area contributed by atoms with Gasteiger partial charge in [0.15, 0.2) is 0 Å². The van der Waals surface area contributed by atoms with E-state index in [9.17, 15) is 9.59 Å². The number of piperazine rings is 1. The van der Waals surface area contributed by atoms with E-state index in [2.05, 4.69) is 5.32 Å². The highest BCUT2D eigenvalue weighted by molar-refractivity contribution is 8.06. The van der Waals surface area contributed by atoms with Gasteiger partial charge in [0, 0.05) is 55.2 Å². The van der Waals surface area contributed by atoms with Crippen LogP contribution in [0.1, 0.15) is 0 Å². The van der Waals surface area contributed by atoms with Crippen LogP contribution in [-0.4, -0.2) is 88.7 Å². The number of nitrogens with zero attached hydrogens (tertiary/aromatic N) is 2. The van der Waals surface area contributed by atoms with Crippen LogP contribution in [0.25, 0.3) is 0 Å². The highest BCUT2D eigenvalue weighted by atomic mass is 32.2. The third-order valence-electron chi connectivity index (χ3n) is 3.38. The predicted octanol–water partition coefficient (Wildman–Crippen LogP) is 0.247. The van der Waals surface area contributed by atoms with Gasteiger partial charge in [-0.15, -0.1) is 0 Å². The largest absolute Gasteiger partial charge is 0.480 e. The fourth-order valence-corrected chi connectivity index (χ4v) is 4.88. The Balaban J connectivity index is 1.65. The number of thioether (sulfide) groups is 2. The standard InChI is InChI=1S/C12H21N3O3S2/c16-11(17)8-14-1-3-15(4-2-14)12(18)13-7-10-9-19-5-6-20-10/h10H,1-9H2,(H,13,18)(H,16,17). The molecule has 2 fully saturated rings. The maximum atomic E-state index is 12.0. The van der Waals surface area contributed by atoms with Gasteiger partial charge in [-0.05, 0) is 0 Å². The minimum absolute atomic E-state index is 0.0175. The summed E-state index contributed by atoms with van der Waals surface area (Å²) in [7, 11) is 0. The fraction of sp³-hybridized carbons (Fsp3) is 0.833. The second kappa shape index (κ2) is 7.99. The van der Waals surface area contributed by atoms with Crippen molar-refractivity contribution in [2.45, 2.75) is 5.25 Å². The molecule has 2 N–H and O–H groups in total. The molecule has 0 bridgehead atoms. The molecule has 0 aliphatic carbocycles. The molecule has 2 aliphatic rings. The SMILES string of the molecule is O=C(O)CN1CCN(C(=O)NCC2CSCCS2)CC1. The van der Waals surface area contributed by atoms with Gasteiger partial charge in [-0.25, -0.2) is 4.79 Å². The zero-order valence-electron chi connectivity index (χ0n) is 11.4. The van der Waals surface area contributed by atoms with E-state index in [1.165, 1.54) is 11.5 Å². The normalized spacial score (nSPS) is 24.4. The Morgan fingerprint density at radius 2 is 1.95 bits per heavy atom. The summed E-state index contributed by atoms with van der Waals surface area (Å²) < 4.78 is 0. The first-order chi connectivity index (χ1) is 9.65. The van der Waals surface area contributed by atoms with Gasteiger partial charge < -0.3 is 15.3 Å². The second-order valence-electron chi connectivity index (χ2n) is 4.91. The molecular formula is C12H21N3O3S2. The average molecular weight is 319 g/mol. The number of nitrogens with one attached hydrogen (secondary N) is 1. The topological polar surface area (TPSA) is 72.9 Å². The van der Waals surface area contributed by atoms with Crippen LogP contribution >= 0.6 is 23.5 Å². The highest BCUT2D eigenvalue weighted by Crippen LogP contribution is 2.23. The second-order valence-corrected chi connectivity index (χ2v) is 7.47. The number of rotatable bonds is 4. The Kier molecular flexibility index (Phi) is 6.31. The first-order valence-corrected chi connectivity index (χ1v) is 9.02. The molecule has 1 unspecified atom stereocenters. The molecule has 0 saturated carbocycles. The summed E-state index contributed by atoms with van der Waals surface area (Å²) in [5.74, 6) is 2.67. The molecule has 6 nitrogen and oxygen atoms in total. The van der Waals surface area contributed by atoms with E-state index in [0.29, 0.717) is 31.4 Å². The molecule has 2 heterocycles. The molecule has 114 valence electrons. The lowest BCUT2D eigenvalue weighted by Crippen LogP contribution is -2.53. The first-order valence-electron chi connectivity index (χ1n) is 6.81. The van der Waals surface area contributed by atoms with Crippen LogP contribution < -0.4 is 5.32 Å². The molecule has 2 amide bonds. The zero-order chi connectivity index (χ0) is 14.4. The first kappa shape index (κ1) is 15.8. The van der Waals surface area contributed by atoms with Crippen molar-refractivity contribution in [3.05, 3.63) is 0 Å². The summed E-state index contributed by atoms with van der Waals surface area (Å²) in [5, 5.41) is 12.2. The van der Waals surface area contributed by atoms with Crippen molar-refractivity contribution in [1.29, 1.82) is 0 Å². The van der Waals surface area contributed by atoms with E-state index in [1.807, 2.05) is 28.4 Å². The number of carbonyl (C=O) groups excluding carboxylic acids is 1. The van der Waals surface area contributed by atoms with Gasteiger partial charge >= 0.3 is 12.0 Å². The quantitative estimate of drug-likeness (QED) is 0.774. The van der Waals surface area contributed by atoms with E-state index in [4.69, 9.17) is 5.11 Å². The average Bonchev–Trinajstić information content (AvgIpc) is 2.46. The molecular weight excluding hydrogens is 298 g/mol. The van der Waals surface area contributed by atoms with Gasteiger partial charge in [-0.3, -0.25) is 9.69 Å². The summed E-state index contributed by atoms with van der Waals surface area (Å²) in [6.07, 6.45) is 0. The molecule has 2 rings (SSSR count). The number of amides is 2. The van der Waals surface area contributed by atoms with Crippen molar-refractivity contribution in [1.82, 2.24) is 15.1 Å². The van der Waals surface area contributed by atoms with Crippen molar-refractivity contribution in [2.75, 3.05) is 56.5 Å². The van der Waals surface area contributed by atoms with E-state index in [1.54, 1.807) is 4.90 Å². The Morgan fingerprint density at radius 1 is 1.20 bits per heavy atom. The molecule has 8 heteroatoms. The van der Waals surface area contributed by atoms with E-state index >= 15 is 0 Å². The Bertz CT molecular complexity index is 343. The van der Waals surface area contributed by atoms with Crippen LogP contribution in [0.4, 0.5) is 4.79 Å². The number of aliphatic carboxylic acids is 1. The Labute approximate surface area is 127 Å². The minimum atomic E-state index is -0.810. The number of carbonyl (C=O) groups is 2. The molecule has 0 aromatic heterocycles. The number of carboxylic acid groups (broad SMARTS) is 1. The molecule has 2 saturated heterocycles. The van der Waals surface area contributed by atoms with Gasteiger partial charge in [-0.1, -0.05) is 0 Å². The lowest BCUT2D eigenvalue weighted by molar-refractivity contribution is -0.138. The summed E-state index contributed by atoms with van der Waals surface area (Å²) in [6, 6.07) is -0.0175. The summed E-state index contributed by atoms with van der Waals surface area (Å²) >= 11 is 3.88. The van der Waals surface area contributed by atoms with Gasteiger partial charge in [0.05, 0.1) is 6.54 Å². The van der Waals surface area contributed by atoms with E-state index < -0.39 is 5.97 Å². The highest BCUT2D eigenvalue weighted by Gasteiger charge is 2.23. The van der Waals surface area contributed by atoms with Gasteiger partial charge in [-0.2, -0.15) is 23.5 Å². The maximum absolute atomic E-state index is 12.0. The summed E-state index contributed by atoms with van der Waals surface area (Å²) in [6.45, 7) is 3.26. The molecule has 0 aromatic rings. The van der Waals surface area contributed by atoms with Gasteiger partial charge in [0.1, 0.15) is 0 Å². The van der Waals surface area contributed by atoms with Crippen molar-refractivity contribution in [3.63, 3.8) is 0 Å². The van der Waals surface area contributed by atoms with Crippen LogP contribution in [0.2, 0.25) is 0 Å². The third kappa shape index (κ3) is 5.06.